The molecular weight excluding hydrogens is 375 g/mol. The van der Waals surface area contributed by atoms with Gasteiger partial charge in [-0.25, -0.2) is 8.84 Å². The average Bonchev–Trinajstić information content (AvgIpc) is 2.96. The van der Waals surface area contributed by atoms with Crippen LogP contribution in [0, 0.1) is 6.92 Å². The van der Waals surface area contributed by atoms with Gasteiger partial charge in [-0.3, -0.25) is 4.79 Å². The fourth-order valence-electron chi connectivity index (χ4n) is 1.81. The molecule has 0 aliphatic heterocycles. The Morgan fingerprint density at radius 3 is 2.62 bits per heavy atom. The highest BCUT2D eigenvalue weighted by molar-refractivity contribution is 8.02. The number of nitrogens with one attached hydrogen (secondary N) is 2. The van der Waals surface area contributed by atoms with Crippen LogP contribution in [0.1, 0.15) is 29.9 Å². The zero-order chi connectivity index (χ0) is 17.9. The quantitative estimate of drug-likeness (QED) is 0.762. The van der Waals surface area contributed by atoms with Crippen molar-refractivity contribution in [3.05, 3.63) is 33.4 Å². The molecule has 0 bridgehead atoms. The molecule has 1 unspecified atom stereocenters. The van der Waals surface area contributed by atoms with Crippen LogP contribution in [0.5, 0.6) is 0 Å². The van der Waals surface area contributed by atoms with Crippen molar-refractivity contribution < 1.29 is 13.6 Å². The van der Waals surface area contributed by atoms with Crippen molar-refractivity contribution in [2.75, 3.05) is 15.8 Å². The summed E-state index contributed by atoms with van der Waals surface area (Å²) in [4.78, 5) is 12.4. The third kappa shape index (κ3) is 3.82. The number of hydrogen-bond acceptors (Lipinski definition) is 5. The maximum Gasteiger partial charge on any atom is 0.258 e. The highest BCUT2D eigenvalue weighted by Gasteiger charge is 2.20. The summed E-state index contributed by atoms with van der Waals surface area (Å²) in [5.74, 6) is 0.0397. The van der Waals surface area contributed by atoms with Gasteiger partial charge >= 0.3 is 0 Å². The van der Waals surface area contributed by atoms with Crippen LogP contribution >= 0.6 is 23.2 Å². The number of carbonyl (C=O) groups excluding carboxylic acids is 1. The highest BCUT2D eigenvalue weighted by Crippen LogP contribution is 2.34. The first-order valence-corrected chi connectivity index (χ1v) is 9.53. The Bertz CT molecular complexity index is 888. The Hall–Kier alpha value is -1.77. The molecule has 1 aromatic carbocycles. The SMILES string of the molecule is CC=S(=O)(CC)Nc1c(Cl)ccc(C(=O)Nc2nonc2C)c1Cl. The molecule has 24 heavy (non-hydrogen) atoms. The minimum Gasteiger partial charge on any atom is -0.310 e. The Morgan fingerprint density at radius 1 is 1.38 bits per heavy atom. The van der Waals surface area contributed by atoms with Crippen LogP contribution in [-0.2, 0) is 9.71 Å². The number of amides is 1. The van der Waals surface area contributed by atoms with Gasteiger partial charge in [-0.05, 0) is 36.5 Å². The molecule has 2 aromatic rings. The maximum atomic E-state index is 12.6. The van der Waals surface area contributed by atoms with Crippen molar-refractivity contribution in [2.45, 2.75) is 20.8 Å². The number of nitrogens with zero attached hydrogens (tertiary/aromatic N) is 2. The molecule has 1 heterocycles. The van der Waals surface area contributed by atoms with Gasteiger partial charge in [0.25, 0.3) is 5.91 Å². The number of halogens is 2. The lowest BCUT2D eigenvalue weighted by Gasteiger charge is -2.16. The predicted octanol–water partition coefficient (Wildman–Crippen LogP) is 3.39. The molecule has 10 heteroatoms. The molecule has 1 aromatic heterocycles. The molecule has 0 saturated carbocycles. The van der Waals surface area contributed by atoms with Gasteiger partial charge < -0.3 is 10.0 Å². The summed E-state index contributed by atoms with van der Waals surface area (Å²) in [5, 5.41) is 11.6. The molecule has 0 aliphatic rings. The summed E-state index contributed by atoms with van der Waals surface area (Å²) in [5.41, 5.74) is 0.826. The number of hydrogen-bond donors (Lipinski definition) is 2. The number of rotatable bonds is 5. The molecule has 0 spiro atoms. The monoisotopic (exact) mass is 390 g/mol. The van der Waals surface area contributed by atoms with Crippen molar-refractivity contribution in [1.82, 2.24) is 10.3 Å². The van der Waals surface area contributed by atoms with Gasteiger partial charge in [0.15, 0.2) is 0 Å². The minimum absolute atomic E-state index is 0.0668. The Labute approximate surface area is 149 Å². The summed E-state index contributed by atoms with van der Waals surface area (Å²) in [6.07, 6.45) is 0. The number of carbonyl (C=O) groups is 1. The zero-order valence-corrected chi connectivity index (χ0v) is 15.6. The molecular formula is C14H16Cl2N4O3S. The molecule has 0 radical (unpaired) electrons. The van der Waals surface area contributed by atoms with E-state index in [1.165, 1.54) is 12.1 Å². The standard InChI is InChI=1S/C14H16Cl2N4O3S/c1-4-24(22,5-2)20-12-10(15)7-6-9(11(12)16)14(21)17-13-8(3)18-23-19-13/h4,6-7H,5H2,1-3H3,(H,20,22)(H,17,19,21). The van der Waals surface area contributed by atoms with Crippen LogP contribution in [0.25, 0.3) is 0 Å². The smallest absolute Gasteiger partial charge is 0.258 e. The van der Waals surface area contributed by atoms with Gasteiger partial charge in [0.05, 0.1) is 21.3 Å². The normalized spacial score (nSPS) is 13.2. The van der Waals surface area contributed by atoms with E-state index in [4.69, 9.17) is 23.2 Å². The fraction of sp³-hybridized carbons (Fsp3) is 0.286. The number of benzene rings is 1. The molecule has 0 aliphatic carbocycles. The second kappa shape index (κ2) is 7.42. The maximum absolute atomic E-state index is 12.6. The van der Waals surface area contributed by atoms with E-state index in [9.17, 15) is 9.00 Å². The van der Waals surface area contributed by atoms with Gasteiger partial charge in [-0.15, -0.1) is 0 Å². The van der Waals surface area contributed by atoms with Crippen molar-refractivity contribution in [3.8, 4) is 0 Å². The van der Waals surface area contributed by atoms with Gasteiger partial charge in [-0.2, -0.15) is 0 Å². The van der Waals surface area contributed by atoms with Crippen molar-refractivity contribution >= 4 is 55.7 Å². The summed E-state index contributed by atoms with van der Waals surface area (Å²) in [6, 6.07) is 2.97. The molecule has 2 rings (SSSR count). The van der Waals surface area contributed by atoms with E-state index in [1.54, 1.807) is 26.1 Å². The van der Waals surface area contributed by atoms with Gasteiger partial charge in [0, 0.05) is 15.5 Å². The predicted molar refractivity (Wildman–Crippen MR) is 97.5 cm³/mol. The molecule has 1 amide bonds. The Morgan fingerprint density at radius 2 is 2.08 bits per heavy atom. The summed E-state index contributed by atoms with van der Waals surface area (Å²) in [7, 11) is -2.47. The zero-order valence-electron chi connectivity index (χ0n) is 13.2. The van der Waals surface area contributed by atoms with Gasteiger partial charge in [-0.1, -0.05) is 35.3 Å². The lowest BCUT2D eigenvalue weighted by Crippen LogP contribution is -2.19. The van der Waals surface area contributed by atoms with Gasteiger partial charge in [0.1, 0.15) is 5.69 Å². The Balaban J connectivity index is 2.39. The average molecular weight is 391 g/mol. The van der Waals surface area contributed by atoms with Crippen LogP contribution in [0.4, 0.5) is 11.5 Å². The lowest BCUT2D eigenvalue weighted by molar-refractivity contribution is 0.102. The number of aromatic nitrogens is 2. The van der Waals surface area contributed by atoms with E-state index >= 15 is 0 Å². The first-order valence-electron chi connectivity index (χ1n) is 6.98. The first kappa shape index (κ1) is 18.6. The van der Waals surface area contributed by atoms with Crippen LogP contribution in [-0.4, -0.2) is 31.5 Å². The van der Waals surface area contributed by atoms with E-state index in [1.807, 2.05) is 0 Å². The van der Waals surface area contributed by atoms with Crippen molar-refractivity contribution in [2.24, 2.45) is 0 Å². The van der Waals surface area contributed by atoms with Crippen molar-refractivity contribution in [1.29, 1.82) is 0 Å². The second-order valence-corrected chi connectivity index (χ2v) is 8.28. The second-order valence-electron chi connectivity index (χ2n) is 4.79. The Kier molecular flexibility index (Phi) is 5.74. The van der Waals surface area contributed by atoms with Gasteiger partial charge in [0.2, 0.25) is 5.82 Å². The molecule has 2 N–H and O–H groups in total. The highest BCUT2D eigenvalue weighted by atomic mass is 35.5. The molecule has 0 fully saturated rings. The van der Waals surface area contributed by atoms with Crippen LogP contribution in [0.2, 0.25) is 10.0 Å². The largest absolute Gasteiger partial charge is 0.310 e. The van der Waals surface area contributed by atoms with E-state index in [2.05, 4.69) is 25.0 Å². The third-order valence-corrected chi connectivity index (χ3v) is 6.18. The number of aryl methyl sites for hydroxylation is 1. The first-order chi connectivity index (χ1) is 11.3. The van der Waals surface area contributed by atoms with E-state index in [-0.39, 0.29) is 27.1 Å². The summed E-state index contributed by atoms with van der Waals surface area (Å²) >= 11 is 12.4. The third-order valence-electron chi connectivity index (χ3n) is 3.30. The van der Waals surface area contributed by atoms with Crippen LogP contribution < -0.4 is 10.0 Å². The molecule has 0 saturated heterocycles. The molecule has 130 valence electrons. The summed E-state index contributed by atoms with van der Waals surface area (Å²) in [6.45, 7) is 5.08. The minimum atomic E-state index is -2.47. The molecule has 7 nitrogen and oxygen atoms in total. The topological polar surface area (TPSA) is 97.1 Å². The van der Waals surface area contributed by atoms with Crippen LogP contribution in [0.15, 0.2) is 16.8 Å². The fourth-order valence-corrected chi connectivity index (χ4v) is 3.63. The summed E-state index contributed by atoms with van der Waals surface area (Å²) < 4.78 is 19.9. The molecule has 1 atom stereocenters. The number of anilines is 2. The van der Waals surface area contributed by atoms with Crippen LogP contribution in [0.3, 0.4) is 0 Å². The van der Waals surface area contributed by atoms with Crippen molar-refractivity contribution in [3.63, 3.8) is 0 Å². The van der Waals surface area contributed by atoms with E-state index in [0.29, 0.717) is 11.4 Å². The van der Waals surface area contributed by atoms with E-state index in [0.717, 1.165) is 0 Å². The van der Waals surface area contributed by atoms with E-state index < -0.39 is 15.6 Å². The lowest BCUT2D eigenvalue weighted by atomic mass is 10.2.